The monoisotopic (exact) mass is 290 g/mol. The van der Waals surface area contributed by atoms with Gasteiger partial charge in [0.15, 0.2) is 11.3 Å². The van der Waals surface area contributed by atoms with Crippen molar-refractivity contribution in [3.63, 3.8) is 0 Å². The first-order chi connectivity index (χ1) is 9.74. The second-order valence-electron chi connectivity index (χ2n) is 4.37. The fourth-order valence-corrected chi connectivity index (χ4v) is 2.77. The van der Waals surface area contributed by atoms with Gasteiger partial charge in [0, 0.05) is 12.3 Å². The van der Waals surface area contributed by atoms with Crippen LogP contribution in [0, 0.1) is 0 Å². The lowest BCUT2D eigenvalue weighted by Gasteiger charge is -2.14. The zero-order chi connectivity index (χ0) is 13.9. The first kappa shape index (κ1) is 13.0. The number of hydrogen-bond acceptors (Lipinski definition) is 5. The molecule has 1 atom stereocenters. The van der Waals surface area contributed by atoms with E-state index in [-0.39, 0.29) is 5.91 Å². The van der Waals surface area contributed by atoms with Crippen LogP contribution in [-0.4, -0.2) is 32.5 Å². The highest BCUT2D eigenvalue weighted by Crippen LogP contribution is 2.26. The molecule has 6 nitrogen and oxygen atoms in total. The first-order valence-electron chi connectivity index (χ1n) is 6.32. The summed E-state index contributed by atoms with van der Waals surface area (Å²) in [6, 6.07) is 9.25. The molecule has 2 heterocycles. The standard InChI is InChI=1S/C13H14N4O2S/c1-9(19-10-5-3-2-4-6-10)11(18)14-12-15-16-13-17(12)7-8-20-13/h2-6,9H,7-8H2,1H3,(H,14,15,18)/t9-/m0/s1. The number of carbonyl (C=O) groups excluding carboxylic acids is 1. The van der Waals surface area contributed by atoms with E-state index in [9.17, 15) is 4.79 Å². The van der Waals surface area contributed by atoms with Gasteiger partial charge in [0.05, 0.1) is 0 Å². The van der Waals surface area contributed by atoms with Gasteiger partial charge < -0.3 is 4.74 Å². The zero-order valence-corrected chi connectivity index (χ0v) is 11.8. The summed E-state index contributed by atoms with van der Waals surface area (Å²) in [6.07, 6.45) is -0.598. The molecular formula is C13H14N4O2S. The minimum absolute atomic E-state index is 0.235. The van der Waals surface area contributed by atoms with E-state index in [1.807, 2.05) is 34.9 Å². The predicted molar refractivity (Wildman–Crippen MR) is 75.9 cm³/mol. The molecule has 0 saturated heterocycles. The molecule has 0 radical (unpaired) electrons. The minimum Gasteiger partial charge on any atom is -0.481 e. The normalized spacial score (nSPS) is 14.7. The highest BCUT2D eigenvalue weighted by molar-refractivity contribution is 7.99. The Morgan fingerprint density at radius 2 is 2.20 bits per heavy atom. The molecule has 104 valence electrons. The van der Waals surface area contributed by atoms with Crippen LogP contribution in [0.25, 0.3) is 0 Å². The number of rotatable bonds is 4. The van der Waals surface area contributed by atoms with Gasteiger partial charge in [-0.3, -0.25) is 14.7 Å². The van der Waals surface area contributed by atoms with Crippen molar-refractivity contribution in [3.05, 3.63) is 30.3 Å². The Hall–Kier alpha value is -2.02. The Kier molecular flexibility index (Phi) is 3.60. The molecule has 1 aliphatic heterocycles. The number of aromatic nitrogens is 3. The number of amides is 1. The molecule has 1 aliphatic rings. The van der Waals surface area contributed by atoms with Gasteiger partial charge in [0.25, 0.3) is 5.91 Å². The molecule has 0 saturated carbocycles. The lowest BCUT2D eigenvalue weighted by Crippen LogP contribution is -2.31. The summed E-state index contributed by atoms with van der Waals surface area (Å²) in [5, 5.41) is 11.6. The molecule has 1 N–H and O–H groups in total. The fourth-order valence-electron chi connectivity index (χ4n) is 1.89. The van der Waals surface area contributed by atoms with Gasteiger partial charge in [-0.1, -0.05) is 30.0 Å². The topological polar surface area (TPSA) is 69.0 Å². The van der Waals surface area contributed by atoms with Gasteiger partial charge in [0.2, 0.25) is 5.95 Å². The maximum atomic E-state index is 12.1. The van der Waals surface area contributed by atoms with Crippen LogP contribution < -0.4 is 10.1 Å². The van der Waals surface area contributed by atoms with Crippen molar-refractivity contribution < 1.29 is 9.53 Å². The summed E-state index contributed by atoms with van der Waals surface area (Å²) >= 11 is 1.63. The summed E-state index contributed by atoms with van der Waals surface area (Å²) in [5.74, 6) is 1.88. The van der Waals surface area contributed by atoms with Crippen LogP contribution in [-0.2, 0) is 11.3 Å². The van der Waals surface area contributed by atoms with E-state index < -0.39 is 6.10 Å². The molecule has 0 unspecified atom stereocenters. The van der Waals surface area contributed by atoms with Crippen molar-refractivity contribution in [1.29, 1.82) is 0 Å². The summed E-state index contributed by atoms with van der Waals surface area (Å²) in [5.41, 5.74) is 0. The van der Waals surface area contributed by atoms with Gasteiger partial charge >= 0.3 is 0 Å². The average molecular weight is 290 g/mol. The molecule has 20 heavy (non-hydrogen) atoms. The number of para-hydroxylation sites is 1. The van der Waals surface area contributed by atoms with Crippen LogP contribution in [0.5, 0.6) is 5.75 Å². The molecule has 2 aromatic rings. The molecule has 3 rings (SSSR count). The van der Waals surface area contributed by atoms with Gasteiger partial charge in [-0.05, 0) is 19.1 Å². The Balaban J connectivity index is 1.64. The highest BCUT2D eigenvalue weighted by atomic mass is 32.2. The molecule has 0 fully saturated rings. The van der Waals surface area contributed by atoms with Crippen LogP contribution in [0.15, 0.2) is 35.5 Å². The van der Waals surface area contributed by atoms with Crippen LogP contribution in [0.3, 0.4) is 0 Å². The van der Waals surface area contributed by atoms with Crippen LogP contribution in [0.2, 0.25) is 0 Å². The maximum Gasteiger partial charge on any atom is 0.267 e. The van der Waals surface area contributed by atoms with E-state index in [0.29, 0.717) is 11.7 Å². The van der Waals surface area contributed by atoms with Crippen LogP contribution >= 0.6 is 11.8 Å². The number of anilines is 1. The van der Waals surface area contributed by atoms with E-state index >= 15 is 0 Å². The third kappa shape index (κ3) is 2.62. The minimum atomic E-state index is -0.598. The van der Waals surface area contributed by atoms with Crippen molar-refractivity contribution in [2.45, 2.75) is 24.7 Å². The van der Waals surface area contributed by atoms with Gasteiger partial charge in [-0.25, -0.2) is 0 Å². The predicted octanol–water partition coefficient (Wildman–Crippen LogP) is 1.79. The number of benzene rings is 1. The third-order valence-corrected chi connectivity index (χ3v) is 3.87. The highest BCUT2D eigenvalue weighted by Gasteiger charge is 2.22. The summed E-state index contributed by atoms with van der Waals surface area (Å²) in [7, 11) is 0. The maximum absolute atomic E-state index is 12.1. The van der Waals surface area contributed by atoms with E-state index in [1.54, 1.807) is 18.7 Å². The van der Waals surface area contributed by atoms with Crippen LogP contribution in [0.1, 0.15) is 6.92 Å². The van der Waals surface area contributed by atoms with Crippen molar-refractivity contribution in [3.8, 4) is 5.75 Å². The van der Waals surface area contributed by atoms with Gasteiger partial charge in [-0.15, -0.1) is 10.2 Å². The second kappa shape index (κ2) is 5.54. The number of nitrogens with zero attached hydrogens (tertiary/aromatic N) is 3. The number of fused-ring (bicyclic) bond motifs is 1. The van der Waals surface area contributed by atoms with Gasteiger partial charge in [-0.2, -0.15) is 0 Å². The lowest BCUT2D eigenvalue weighted by atomic mass is 10.3. The van der Waals surface area contributed by atoms with Gasteiger partial charge in [0.1, 0.15) is 5.75 Å². The number of ether oxygens (including phenoxy) is 1. The molecule has 7 heteroatoms. The molecule has 1 aromatic heterocycles. The molecule has 0 aliphatic carbocycles. The van der Waals surface area contributed by atoms with E-state index in [0.717, 1.165) is 17.5 Å². The Morgan fingerprint density at radius 1 is 1.40 bits per heavy atom. The SMILES string of the molecule is C[C@H](Oc1ccccc1)C(=O)Nc1nnc2n1CCS2. The average Bonchev–Trinajstić information content (AvgIpc) is 3.05. The summed E-state index contributed by atoms with van der Waals surface area (Å²) in [4.78, 5) is 12.1. The quantitative estimate of drug-likeness (QED) is 0.929. The largest absolute Gasteiger partial charge is 0.481 e. The Morgan fingerprint density at radius 3 is 3.00 bits per heavy atom. The Labute approximate surface area is 120 Å². The summed E-state index contributed by atoms with van der Waals surface area (Å²) < 4.78 is 7.47. The molecular weight excluding hydrogens is 276 g/mol. The molecule has 1 amide bonds. The number of hydrogen-bond donors (Lipinski definition) is 1. The lowest BCUT2D eigenvalue weighted by molar-refractivity contribution is -0.122. The fraction of sp³-hybridized carbons (Fsp3) is 0.308. The Bertz CT molecular complexity index is 614. The zero-order valence-electron chi connectivity index (χ0n) is 10.9. The van der Waals surface area contributed by atoms with Crippen molar-refractivity contribution in [2.75, 3.05) is 11.1 Å². The van der Waals surface area contributed by atoms with Crippen molar-refractivity contribution in [2.24, 2.45) is 0 Å². The van der Waals surface area contributed by atoms with Crippen LogP contribution in [0.4, 0.5) is 5.95 Å². The second-order valence-corrected chi connectivity index (χ2v) is 5.43. The molecule has 0 spiro atoms. The molecule has 1 aromatic carbocycles. The van der Waals surface area contributed by atoms with E-state index in [4.69, 9.17) is 4.74 Å². The summed E-state index contributed by atoms with van der Waals surface area (Å²) in [6.45, 7) is 2.52. The smallest absolute Gasteiger partial charge is 0.267 e. The third-order valence-electron chi connectivity index (χ3n) is 2.92. The van der Waals surface area contributed by atoms with E-state index in [2.05, 4.69) is 15.5 Å². The number of thioether (sulfide) groups is 1. The molecule has 0 bridgehead atoms. The number of carbonyl (C=O) groups is 1. The number of nitrogens with one attached hydrogen (secondary N) is 1. The first-order valence-corrected chi connectivity index (χ1v) is 7.31. The van der Waals surface area contributed by atoms with E-state index in [1.165, 1.54) is 0 Å². The van der Waals surface area contributed by atoms with Crippen molar-refractivity contribution >= 4 is 23.6 Å². The van der Waals surface area contributed by atoms with Crippen molar-refractivity contribution in [1.82, 2.24) is 14.8 Å².